The highest BCUT2D eigenvalue weighted by Gasteiger charge is 2.26. The van der Waals surface area contributed by atoms with Crippen molar-refractivity contribution >= 4 is 17.7 Å². The molecule has 2 aromatic rings. The third-order valence-corrected chi connectivity index (χ3v) is 4.33. The van der Waals surface area contributed by atoms with Gasteiger partial charge in [-0.25, -0.2) is 0 Å². The van der Waals surface area contributed by atoms with Gasteiger partial charge in [-0.1, -0.05) is 81.5 Å². The molecule has 1 heterocycles. The van der Waals surface area contributed by atoms with Crippen LogP contribution in [0, 0.1) is 5.41 Å². The van der Waals surface area contributed by atoms with E-state index in [1.54, 1.807) is 6.08 Å². The minimum atomic E-state index is -0.112. The Bertz CT molecular complexity index is 794. The Morgan fingerprint density at radius 2 is 1.58 bits per heavy atom. The Hall–Kier alpha value is -2.61. The summed E-state index contributed by atoms with van der Waals surface area (Å²) in [5, 5.41) is 3.01. The van der Waals surface area contributed by atoms with Gasteiger partial charge >= 0.3 is 0 Å². The average Bonchev–Trinajstić information content (AvgIpc) is 2.62. The van der Waals surface area contributed by atoms with E-state index in [-0.39, 0.29) is 17.2 Å². The third-order valence-electron chi connectivity index (χ3n) is 4.33. The average molecular weight is 317 g/mol. The number of allylic oxidation sites excluding steroid dienone is 2. The van der Waals surface area contributed by atoms with Crippen LogP contribution in [0.1, 0.15) is 37.8 Å². The number of carbonyl (C=O) groups is 1. The topological polar surface area (TPSA) is 29.1 Å². The van der Waals surface area contributed by atoms with Gasteiger partial charge in [0.15, 0.2) is 0 Å². The van der Waals surface area contributed by atoms with Crippen LogP contribution >= 0.6 is 0 Å². The van der Waals surface area contributed by atoms with Crippen molar-refractivity contribution in [2.75, 3.05) is 5.32 Å². The van der Waals surface area contributed by atoms with E-state index in [2.05, 4.69) is 50.4 Å². The van der Waals surface area contributed by atoms with Gasteiger partial charge in [-0.2, -0.15) is 0 Å². The molecule has 1 atom stereocenters. The van der Waals surface area contributed by atoms with Crippen LogP contribution in [0.15, 0.2) is 72.3 Å². The van der Waals surface area contributed by atoms with Gasteiger partial charge in [0.1, 0.15) is 0 Å². The van der Waals surface area contributed by atoms with E-state index in [4.69, 9.17) is 0 Å². The monoisotopic (exact) mass is 317 g/mol. The lowest BCUT2D eigenvalue weighted by atomic mass is 9.75. The minimum absolute atomic E-state index is 0.0722. The predicted molar refractivity (Wildman–Crippen MR) is 101 cm³/mol. The fourth-order valence-electron chi connectivity index (χ4n) is 3.09. The second-order valence-corrected chi connectivity index (χ2v) is 7.17. The molecule has 2 aromatic carbocycles. The van der Waals surface area contributed by atoms with Crippen LogP contribution in [-0.2, 0) is 4.79 Å². The minimum Gasteiger partial charge on any atom is -0.322 e. The number of hydrogen-bond donors (Lipinski definition) is 1. The summed E-state index contributed by atoms with van der Waals surface area (Å²) in [6.07, 6.45) is 6.08. The van der Waals surface area contributed by atoms with Crippen LogP contribution in [-0.4, -0.2) is 5.91 Å². The molecule has 24 heavy (non-hydrogen) atoms. The van der Waals surface area contributed by atoms with E-state index < -0.39 is 0 Å². The molecule has 122 valence electrons. The van der Waals surface area contributed by atoms with Crippen molar-refractivity contribution in [1.29, 1.82) is 0 Å². The second kappa shape index (κ2) is 6.48. The zero-order valence-electron chi connectivity index (χ0n) is 14.4. The first-order valence-corrected chi connectivity index (χ1v) is 8.30. The van der Waals surface area contributed by atoms with Crippen LogP contribution in [0.25, 0.3) is 6.08 Å². The van der Waals surface area contributed by atoms with Crippen LogP contribution in [0.5, 0.6) is 0 Å². The fraction of sp³-hybridized carbons (Fsp3) is 0.227. The first-order valence-electron chi connectivity index (χ1n) is 8.30. The predicted octanol–water partition coefficient (Wildman–Crippen LogP) is 5.41. The number of hydrogen-bond acceptors (Lipinski definition) is 1. The normalized spacial score (nSPS) is 21.4. The Labute approximate surface area is 143 Å². The van der Waals surface area contributed by atoms with Crippen LogP contribution in [0.3, 0.4) is 0 Å². The smallest absolute Gasteiger partial charge is 0.248 e. The number of amides is 1. The number of nitrogens with one attached hydrogen (secondary N) is 1. The molecule has 0 saturated carbocycles. The SMILES string of the molecule is CC(C)(C)/C1=C/C(=O)Nc2ccccc2/C=C\C1c1ccccc1. The van der Waals surface area contributed by atoms with Gasteiger partial charge in [-0.3, -0.25) is 4.79 Å². The molecule has 2 heteroatoms. The van der Waals surface area contributed by atoms with E-state index in [0.717, 1.165) is 16.8 Å². The molecule has 0 bridgehead atoms. The fourth-order valence-corrected chi connectivity index (χ4v) is 3.09. The van der Waals surface area contributed by atoms with Gasteiger partial charge in [-0.15, -0.1) is 0 Å². The Morgan fingerprint density at radius 3 is 2.29 bits per heavy atom. The quantitative estimate of drug-likeness (QED) is 0.749. The molecule has 0 saturated heterocycles. The number of rotatable bonds is 1. The lowest BCUT2D eigenvalue weighted by Crippen LogP contribution is -2.19. The number of benzene rings is 2. The summed E-state index contributed by atoms with van der Waals surface area (Å²) >= 11 is 0. The van der Waals surface area contributed by atoms with E-state index in [9.17, 15) is 4.79 Å². The van der Waals surface area contributed by atoms with E-state index >= 15 is 0 Å². The number of para-hydroxylation sites is 1. The van der Waals surface area contributed by atoms with Crippen molar-refractivity contribution < 1.29 is 4.79 Å². The maximum atomic E-state index is 12.6. The summed E-state index contributed by atoms with van der Waals surface area (Å²) in [7, 11) is 0. The molecule has 0 fully saturated rings. The highest BCUT2D eigenvalue weighted by Crippen LogP contribution is 2.39. The summed E-state index contributed by atoms with van der Waals surface area (Å²) in [5.41, 5.74) is 4.06. The van der Waals surface area contributed by atoms with Gasteiger partial charge in [-0.05, 0) is 28.2 Å². The van der Waals surface area contributed by atoms with Gasteiger partial charge in [0.25, 0.3) is 0 Å². The van der Waals surface area contributed by atoms with Crippen LogP contribution < -0.4 is 5.32 Å². The second-order valence-electron chi connectivity index (χ2n) is 7.17. The zero-order chi connectivity index (χ0) is 17.2. The van der Waals surface area contributed by atoms with Crippen LogP contribution in [0.4, 0.5) is 5.69 Å². The molecule has 1 aliphatic heterocycles. The molecule has 3 rings (SSSR count). The molecule has 0 radical (unpaired) electrons. The summed E-state index contributed by atoms with van der Waals surface area (Å²) in [6.45, 7) is 6.46. The first kappa shape index (κ1) is 16.3. The molecule has 0 spiro atoms. The number of carbonyl (C=O) groups excluding carboxylic acids is 1. The lowest BCUT2D eigenvalue weighted by molar-refractivity contribution is -0.112. The maximum absolute atomic E-state index is 12.6. The van der Waals surface area contributed by atoms with E-state index in [0.29, 0.717) is 0 Å². The van der Waals surface area contributed by atoms with Gasteiger partial charge < -0.3 is 5.32 Å². The van der Waals surface area contributed by atoms with Crippen molar-refractivity contribution in [3.63, 3.8) is 0 Å². The van der Waals surface area contributed by atoms with Gasteiger partial charge in [0.05, 0.1) is 0 Å². The Morgan fingerprint density at radius 1 is 0.917 bits per heavy atom. The van der Waals surface area contributed by atoms with Crippen molar-refractivity contribution in [2.45, 2.75) is 26.7 Å². The Balaban J connectivity index is 2.17. The molecule has 1 amide bonds. The highest BCUT2D eigenvalue weighted by atomic mass is 16.1. The standard InChI is InChI=1S/C22H23NO/c1-22(2,3)19-15-21(24)23-20-12-8-7-11-17(20)13-14-18(19)16-9-5-4-6-10-16/h4-15,18H,1-3H3,(H,23,24)/b14-13-,19-15+. The molecule has 1 unspecified atom stereocenters. The van der Waals surface area contributed by atoms with Gasteiger partial charge in [0, 0.05) is 17.7 Å². The van der Waals surface area contributed by atoms with E-state index in [1.807, 2.05) is 42.5 Å². The summed E-state index contributed by atoms with van der Waals surface area (Å²) < 4.78 is 0. The van der Waals surface area contributed by atoms with Crippen molar-refractivity contribution in [3.8, 4) is 0 Å². The van der Waals surface area contributed by atoms with Crippen molar-refractivity contribution in [3.05, 3.63) is 83.4 Å². The molecule has 2 nitrogen and oxygen atoms in total. The first-order chi connectivity index (χ1) is 11.4. The molecule has 0 aromatic heterocycles. The number of fused-ring (bicyclic) bond motifs is 1. The molecule has 1 aliphatic rings. The van der Waals surface area contributed by atoms with Crippen LogP contribution in [0.2, 0.25) is 0 Å². The van der Waals surface area contributed by atoms with Crippen molar-refractivity contribution in [1.82, 2.24) is 0 Å². The maximum Gasteiger partial charge on any atom is 0.248 e. The van der Waals surface area contributed by atoms with Gasteiger partial charge in [0.2, 0.25) is 5.91 Å². The largest absolute Gasteiger partial charge is 0.322 e. The molecule has 0 aliphatic carbocycles. The summed E-state index contributed by atoms with van der Waals surface area (Å²) in [5.74, 6) is 0.000104. The summed E-state index contributed by atoms with van der Waals surface area (Å²) in [4.78, 5) is 12.6. The summed E-state index contributed by atoms with van der Waals surface area (Å²) in [6, 6.07) is 18.2. The Kier molecular flexibility index (Phi) is 4.39. The highest BCUT2D eigenvalue weighted by molar-refractivity contribution is 6.01. The molecular weight excluding hydrogens is 294 g/mol. The third kappa shape index (κ3) is 3.48. The lowest BCUT2D eigenvalue weighted by Gasteiger charge is -2.29. The van der Waals surface area contributed by atoms with E-state index in [1.165, 1.54) is 5.56 Å². The zero-order valence-corrected chi connectivity index (χ0v) is 14.4. The molecule has 1 N–H and O–H groups in total. The molecular formula is C22H23NO. The number of anilines is 1. The van der Waals surface area contributed by atoms with Crippen molar-refractivity contribution in [2.24, 2.45) is 5.41 Å².